The van der Waals surface area contributed by atoms with Crippen LogP contribution in [0.5, 0.6) is 0 Å². The van der Waals surface area contributed by atoms with Crippen LogP contribution in [0.25, 0.3) is 0 Å². The summed E-state index contributed by atoms with van der Waals surface area (Å²) in [6, 6.07) is 3.12. The lowest BCUT2D eigenvalue weighted by Crippen LogP contribution is -2.34. The number of hydrogen-bond donors (Lipinski definition) is 1. The van der Waals surface area contributed by atoms with Crippen molar-refractivity contribution in [2.75, 3.05) is 0 Å². The van der Waals surface area contributed by atoms with E-state index in [1.165, 1.54) is 12.1 Å². The van der Waals surface area contributed by atoms with E-state index in [0.29, 0.717) is 12.8 Å². The minimum Gasteiger partial charge on any atom is -0.348 e. The Morgan fingerprint density at radius 2 is 2.15 bits per heavy atom. The average Bonchev–Trinajstić information content (AvgIpc) is 2.37. The average molecular weight is 348 g/mol. The Hall–Kier alpha value is -1.48. The molecule has 1 N–H and O–H groups in total. The van der Waals surface area contributed by atoms with Crippen LogP contribution in [0.4, 0.5) is 13.2 Å². The van der Waals surface area contributed by atoms with Crippen LogP contribution in [-0.4, -0.2) is 11.9 Å². The molecule has 0 aromatic heterocycles. The zero-order chi connectivity index (χ0) is 15.3. The molecule has 1 aromatic rings. The van der Waals surface area contributed by atoms with E-state index in [2.05, 4.69) is 27.2 Å². The highest BCUT2D eigenvalue weighted by Crippen LogP contribution is 2.35. The topological polar surface area (TPSA) is 29.1 Å². The molecule has 0 aliphatic carbocycles. The Balaban J connectivity index is 2.98. The smallest absolute Gasteiger partial charge is 0.348 e. The van der Waals surface area contributed by atoms with Gasteiger partial charge in [-0.1, -0.05) is 22.9 Å². The summed E-state index contributed by atoms with van der Waals surface area (Å²) in [6.07, 6.45) is 1.60. The van der Waals surface area contributed by atoms with E-state index in [-0.39, 0.29) is 16.1 Å². The molecule has 6 heteroatoms. The zero-order valence-corrected chi connectivity index (χ0v) is 12.3. The van der Waals surface area contributed by atoms with Crippen LogP contribution >= 0.6 is 15.9 Å². The first-order chi connectivity index (χ1) is 9.29. The lowest BCUT2D eigenvalue weighted by atomic mass is 10.1. The van der Waals surface area contributed by atoms with Crippen molar-refractivity contribution in [1.29, 1.82) is 0 Å². The number of carbonyl (C=O) groups is 1. The van der Waals surface area contributed by atoms with Gasteiger partial charge in [0, 0.05) is 22.5 Å². The molecule has 0 aliphatic heterocycles. The quantitative estimate of drug-likeness (QED) is 0.819. The molecule has 1 aromatic carbocycles. The first kappa shape index (κ1) is 16.6. The number of carbonyl (C=O) groups excluding carboxylic acids is 1. The highest BCUT2D eigenvalue weighted by atomic mass is 79.9. The van der Waals surface area contributed by atoms with Crippen molar-refractivity contribution in [3.63, 3.8) is 0 Å². The third-order valence-corrected chi connectivity index (χ3v) is 3.42. The largest absolute Gasteiger partial charge is 0.417 e. The summed E-state index contributed by atoms with van der Waals surface area (Å²) >= 11 is 2.83. The van der Waals surface area contributed by atoms with Crippen molar-refractivity contribution in [2.24, 2.45) is 0 Å². The van der Waals surface area contributed by atoms with Crippen LogP contribution in [-0.2, 0) is 6.18 Å². The molecule has 1 rings (SSSR count). The van der Waals surface area contributed by atoms with Gasteiger partial charge in [-0.05, 0) is 24.6 Å². The van der Waals surface area contributed by atoms with E-state index in [0.717, 1.165) is 6.07 Å². The van der Waals surface area contributed by atoms with Gasteiger partial charge in [-0.3, -0.25) is 4.79 Å². The highest BCUT2D eigenvalue weighted by molar-refractivity contribution is 9.10. The van der Waals surface area contributed by atoms with E-state index >= 15 is 0 Å². The predicted molar refractivity (Wildman–Crippen MR) is 74.1 cm³/mol. The molecule has 2 nitrogen and oxygen atoms in total. The number of nitrogens with one attached hydrogen (secondary N) is 1. The summed E-state index contributed by atoms with van der Waals surface area (Å²) in [7, 11) is 0. The van der Waals surface area contributed by atoms with E-state index in [1.807, 2.05) is 6.92 Å². The van der Waals surface area contributed by atoms with Gasteiger partial charge in [0.25, 0.3) is 5.91 Å². The molecule has 0 fully saturated rings. The van der Waals surface area contributed by atoms with Crippen molar-refractivity contribution >= 4 is 21.8 Å². The summed E-state index contributed by atoms with van der Waals surface area (Å²) < 4.78 is 38.2. The maximum absolute atomic E-state index is 12.8. The van der Waals surface area contributed by atoms with Crippen molar-refractivity contribution in [3.8, 4) is 12.3 Å². The van der Waals surface area contributed by atoms with Gasteiger partial charge >= 0.3 is 6.18 Å². The molecular formula is C14H13BrF3NO. The van der Waals surface area contributed by atoms with Crippen LogP contribution in [0, 0.1) is 12.3 Å². The van der Waals surface area contributed by atoms with E-state index in [4.69, 9.17) is 6.42 Å². The summed E-state index contributed by atoms with van der Waals surface area (Å²) in [6.45, 7) is 1.84. The van der Waals surface area contributed by atoms with Crippen molar-refractivity contribution in [3.05, 3.63) is 33.8 Å². The molecule has 20 heavy (non-hydrogen) atoms. The second kappa shape index (κ2) is 6.80. The van der Waals surface area contributed by atoms with Gasteiger partial charge in [0.2, 0.25) is 0 Å². The Morgan fingerprint density at radius 1 is 1.50 bits per heavy atom. The Morgan fingerprint density at radius 3 is 2.65 bits per heavy atom. The number of hydrogen-bond acceptors (Lipinski definition) is 1. The van der Waals surface area contributed by atoms with Gasteiger partial charge in [0.05, 0.1) is 5.56 Å². The third-order valence-electron chi connectivity index (χ3n) is 2.73. The first-order valence-corrected chi connectivity index (χ1v) is 6.70. The van der Waals surface area contributed by atoms with Crippen LogP contribution in [0.1, 0.15) is 35.7 Å². The van der Waals surface area contributed by atoms with Crippen LogP contribution < -0.4 is 5.32 Å². The molecule has 0 heterocycles. The maximum Gasteiger partial charge on any atom is 0.417 e. The van der Waals surface area contributed by atoms with Gasteiger partial charge in [-0.25, -0.2) is 0 Å². The van der Waals surface area contributed by atoms with Gasteiger partial charge < -0.3 is 5.32 Å². The Labute approximate surface area is 123 Å². The minimum atomic E-state index is -4.52. The molecule has 0 aliphatic rings. The molecule has 0 spiro atoms. The van der Waals surface area contributed by atoms with E-state index < -0.39 is 17.6 Å². The molecule has 1 unspecified atom stereocenters. The lowest BCUT2D eigenvalue weighted by molar-refractivity contribution is -0.138. The van der Waals surface area contributed by atoms with Gasteiger partial charge in [0.1, 0.15) is 0 Å². The fourth-order valence-corrected chi connectivity index (χ4v) is 2.06. The van der Waals surface area contributed by atoms with E-state index in [1.54, 1.807) is 0 Å². The number of alkyl halides is 3. The second-order valence-electron chi connectivity index (χ2n) is 4.18. The predicted octanol–water partition coefficient (Wildman–Crippen LogP) is 4.00. The van der Waals surface area contributed by atoms with Crippen LogP contribution in [0.3, 0.4) is 0 Å². The minimum absolute atomic E-state index is 0.0454. The third kappa shape index (κ3) is 4.27. The Bertz CT molecular complexity index is 534. The fraction of sp³-hybridized carbons (Fsp3) is 0.357. The Kier molecular flexibility index (Phi) is 5.63. The van der Waals surface area contributed by atoms with Gasteiger partial charge in [-0.15, -0.1) is 12.3 Å². The monoisotopic (exact) mass is 347 g/mol. The second-order valence-corrected chi connectivity index (χ2v) is 5.03. The van der Waals surface area contributed by atoms with Crippen molar-refractivity contribution in [2.45, 2.75) is 32.0 Å². The molecule has 0 saturated heterocycles. The van der Waals surface area contributed by atoms with E-state index in [9.17, 15) is 18.0 Å². The summed E-state index contributed by atoms with van der Waals surface area (Å²) in [5, 5.41) is 2.62. The molecule has 1 atom stereocenters. The SMILES string of the molecule is C#CCC(CC)NC(=O)c1ccc(Br)c(C(F)(F)F)c1. The normalized spacial score (nSPS) is 12.6. The summed E-state index contributed by atoms with van der Waals surface area (Å²) in [4.78, 5) is 11.9. The molecule has 0 saturated carbocycles. The standard InChI is InChI=1S/C14H13BrF3NO/c1-3-5-10(4-2)19-13(20)9-6-7-12(15)11(8-9)14(16,17)18/h1,6-8,10H,4-5H2,2H3,(H,19,20). The van der Waals surface area contributed by atoms with Crippen molar-refractivity contribution in [1.82, 2.24) is 5.32 Å². The number of halogens is 4. The molecule has 1 amide bonds. The van der Waals surface area contributed by atoms with Crippen LogP contribution in [0.15, 0.2) is 22.7 Å². The number of benzene rings is 1. The first-order valence-electron chi connectivity index (χ1n) is 5.90. The summed E-state index contributed by atoms with van der Waals surface area (Å²) in [5.41, 5.74) is -0.925. The zero-order valence-electron chi connectivity index (χ0n) is 10.7. The summed E-state index contributed by atoms with van der Waals surface area (Å²) in [5.74, 6) is 1.85. The fourth-order valence-electron chi connectivity index (χ4n) is 1.59. The number of terminal acetylenes is 1. The van der Waals surface area contributed by atoms with Crippen LogP contribution in [0.2, 0.25) is 0 Å². The maximum atomic E-state index is 12.8. The molecule has 0 bridgehead atoms. The number of rotatable bonds is 4. The molecular weight excluding hydrogens is 335 g/mol. The highest BCUT2D eigenvalue weighted by Gasteiger charge is 2.33. The van der Waals surface area contributed by atoms with Gasteiger partial charge in [-0.2, -0.15) is 13.2 Å². The number of amides is 1. The van der Waals surface area contributed by atoms with Gasteiger partial charge in [0.15, 0.2) is 0 Å². The molecule has 0 radical (unpaired) electrons. The lowest BCUT2D eigenvalue weighted by Gasteiger charge is -2.15. The molecule has 108 valence electrons. The van der Waals surface area contributed by atoms with Crippen molar-refractivity contribution < 1.29 is 18.0 Å².